The van der Waals surface area contributed by atoms with Gasteiger partial charge in [-0.3, -0.25) is 4.79 Å². The van der Waals surface area contributed by atoms with Crippen molar-refractivity contribution in [3.63, 3.8) is 0 Å². The normalized spacial score (nSPS) is 17.1. The van der Waals surface area contributed by atoms with Gasteiger partial charge in [-0.15, -0.1) is 0 Å². The highest BCUT2D eigenvalue weighted by Crippen LogP contribution is 2.14. The number of carbonyl (C=O) groups excluding carboxylic acids is 2. The third-order valence-electron chi connectivity index (χ3n) is 4.11. The minimum Gasteiger partial charge on any atom is -0.356 e. The number of piperidine rings is 1. The molecule has 4 nitrogen and oxygen atoms in total. The Hall–Kier alpha value is -0.900. The third kappa shape index (κ3) is 8.31. The molecule has 1 aliphatic rings. The fourth-order valence-corrected chi connectivity index (χ4v) is 2.63. The second kappa shape index (κ2) is 9.92. The van der Waals surface area contributed by atoms with Crippen LogP contribution in [0.1, 0.15) is 58.3 Å². The zero-order valence-electron chi connectivity index (χ0n) is 13.1. The highest BCUT2D eigenvalue weighted by atomic mass is 16.1. The van der Waals surface area contributed by atoms with Gasteiger partial charge in [0.15, 0.2) is 0 Å². The summed E-state index contributed by atoms with van der Waals surface area (Å²) in [5.41, 5.74) is 0. The van der Waals surface area contributed by atoms with E-state index in [0.29, 0.717) is 18.8 Å². The molecule has 0 atom stereocenters. The van der Waals surface area contributed by atoms with Gasteiger partial charge in [0.05, 0.1) is 0 Å². The van der Waals surface area contributed by atoms with Crippen LogP contribution in [0.5, 0.6) is 0 Å². The summed E-state index contributed by atoms with van der Waals surface area (Å²) in [6, 6.07) is 0. The Kier molecular flexibility index (Phi) is 8.51. The molecule has 1 amide bonds. The van der Waals surface area contributed by atoms with Gasteiger partial charge in [0.1, 0.15) is 5.78 Å². The number of amides is 1. The average Bonchev–Trinajstić information content (AvgIpc) is 2.41. The fraction of sp³-hybridized carbons (Fsp3) is 0.875. The van der Waals surface area contributed by atoms with Crippen molar-refractivity contribution in [3.8, 4) is 0 Å². The number of nitrogens with zero attached hydrogens (tertiary/aromatic N) is 1. The van der Waals surface area contributed by atoms with Crippen LogP contribution in [0.3, 0.4) is 0 Å². The van der Waals surface area contributed by atoms with E-state index >= 15 is 0 Å². The summed E-state index contributed by atoms with van der Waals surface area (Å²) in [4.78, 5) is 24.8. The van der Waals surface area contributed by atoms with Crippen LogP contribution in [0.2, 0.25) is 0 Å². The van der Waals surface area contributed by atoms with Crippen molar-refractivity contribution in [3.05, 3.63) is 0 Å². The summed E-state index contributed by atoms with van der Waals surface area (Å²) < 4.78 is 0. The number of hydrogen-bond acceptors (Lipinski definition) is 3. The first-order chi connectivity index (χ1) is 9.58. The van der Waals surface area contributed by atoms with Crippen molar-refractivity contribution in [2.75, 3.05) is 26.7 Å². The summed E-state index contributed by atoms with van der Waals surface area (Å²) in [5.74, 6) is 1.11. The van der Waals surface area contributed by atoms with Crippen molar-refractivity contribution < 1.29 is 9.59 Å². The molecule has 0 radical (unpaired) electrons. The smallest absolute Gasteiger partial charge is 0.220 e. The summed E-state index contributed by atoms with van der Waals surface area (Å²) in [5, 5.41) is 3.06. The first-order valence-corrected chi connectivity index (χ1v) is 8.02. The molecule has 4 heteroatoms. The van der Waals surface area contributed by atoms with Crippen molar-refractivity contribution in [2.45, 2.75) is 58.3 Å². The Labute approximate surface area is 123 Å². The molecular formula is C16H30N2O2. The number of rotatable bonds is 9. The van der Waals surface area contributed by atoms with Crippen molar-refractivity contribution in [1.82, 2.24) is 10.2 Å². The number of ketones is 1. The van der Waals surface area contributed by atoms with E-state index in [2.05, 4.69) is 17.3 Å². The number of carbonyl (C=O) groups is 2. The van der Waals surface area contributed by atoms with Crippen LogP contribution in [0.25, 0.3) is 0 Å². The summed E-state index contributed by atoms with van der Waals surface area (Å²) in [6.45, 7) is 4.78. The molecule has 0 aliphatic carbocycles. The predicted molar refractivity (Wildman–Crippen MR) is 81.6 cm³/mol. The highest BCUT2D eigenvalue weighted by Gasteiger charge is 2.16. The second-order valence-electron chi connectivity index (χ2n) is 6.17. The standard InChI is InChI=1S/C16H30N2O2/c1-14(19)7-5-3-4-6-8-16(20)17-13-15-9-11-18(2)12-10-15/h15H,3-13H2,1-2H3,(H,17,20). The van der Waals surface area contributed by atoms with Gasteiger partial charge in [0.2, 0.25) is 5.91 Å². The van der Waals surface area contributed by atoms with Crippen LogP contribution >= 0.6 is 0 Å². The lowest BCUT2D eigenvalue weighted by Gasteiger charge is -2.28. The molecule has 0 bridgehead atoms. The SMILES string of the molecule is CC(=O)CCCCCCC(=O)NCC1CCN(C)CC1. The van der Waals surface area contributed by atoms with Crippen LogP contribution < -0.4 is 5.32 Å². The number of Topliss-reactive ketones (excluding diaryl/α,β-unsaturated/α-hetero) is 1. The highest BCUT2D eigenvalue weighted by molar-refractivity contribution is 5.76. The minimum absolute atomic E-state index is 0.190. The number of unbranched alkanes of at least 4 members (excludes halogenated alkanes) is 3. The lowest BCUT2D eigenvalue weighted by Crippen LogP contribution is -2.36. The monoisotopic (exact) mass is 282 g/mol. The Morgan fingerprint density at radius 2 is 1.65 bits per heavy atom. The molecule has 0 unspecified atom stereocenters. The van der Waals surface area contributed by atoms with Gasteiger partial charge >= 0.3 is 0 Å². The number of hydrogen-bond donors (Lipinski definition) is 1. The quantitative estimate of drug-likeness (QED) is 0.661. The van der Waals surface area contributed by atoms with E-state index in [1.807, 2.05) is 0 Å². The van der Waals surface area contributed by atoms with Crippen molar-refractivity contribution in [1.29, 1.82) is 0 Å². The van der Waals surface area contributed by atoms with Gasteiger partial charge in [-0.05, 0) is 58.7 Å². The lowest BCUT2D eigenvalue weighted by atomic mass is 9.97. The molecule has 0 saturated carbocycles. The minimum atomic E-state index is 0.190. The van der Waals surface area contributed by atoms with E-state index < -0.39 is 0 Å². The van der Waals surface area contributed by atoms with Gasteiger partial charge in [-0.25, -0.2) is 0 Å². The topological polar surface area (TPSA) is 49.4 Å². The molecule has 116 valence electrons. The molecule has 0 aromatic carbocycles. The molecule has 0 aromatic heterocycles. The molecule has 0 aromatic rings. The molecule has 20 heavy (non-hydrogen) atoms. The molecule has 1 fully saturated rings. The lowest BCUT2D eigenvalue weighted by molar-refractivity contribution is -0.121. The number of likely N-dealkylation sites (tertiary alicyclic amines) is 1. The maximum atomic E-state index is 11.7. The zero-order chi connectivity index (χ0) is 14.8. The maximum Gasteiger partial charge on any atom is 0.220 e. The van der Waals surface area contributed by atoms with Crippen molar-refractivity contribution >= 4 is 11.7 Å². The van der Waals surface area contributed by atoms with Crippen LogP contribution in [-0.2, 0) is 9.59 Å². The van der Waals surface area contributed by atoms with E-state index in [1.165, 1.54) is 12.8 Å². The van der Waals surface area contributed by atoms with E-state index in [9.17, 15) is 9.59 Å². The first-order valence-electron chi connectivity index (χ1n) is 8.02. The summed E-state index contributed by atoms with van der Waals surface area (Å²) in [7, 11) is 2.15. The Bertz CT molecular complexity index is 297. The molecular weight excluding hydrogens is 252 g/mol. The van der Waals surface area contributed by atoms with Crippen LogP contribution in [0.15, 0.2) is 0 Å². The van der Waals surface area contributed by atoms with Gasteiger partial charge in [-0.2, -0.15) is 0 Å². The predicted octanol–water partition coefficient (Wildman–Crippen LogP) is 2.37. The molecule has 1 rings (SSSR count). The summed E-state index contributed by atoms with van der Waals surface area (Å²) >= 11 is 0. The van der Waals surface area contributed by atoms with Crippen molar-refractivity contribution in [2.24, 2.45) is 5.92 Å². The van der Waals surface area contributed by atoms with E-state index in [0.717, 1.165) is 45.3 Å². The maximum absolute atomic E-state index is 11.7. The molecule has 1 saturated heterocycles. The molecule has 1 aliphatic heterocycles. The zero-order valence-corrected chi connectivity index (χ0v) is 13.1. The van der Waals surface area contributed by atoms with Crippen LogP contribution in [-0.4, -0.2) is 43.3 Å². The van der Waals surface area contributed by atoms with Crippen LogP contribution in [0.4, 0.5) is 0 Å². The van der Waals surface area contributed by atoms with Gasteiger partial charge in [0.25, 0.3) is 0 Å². The second-order valence-corrected chi connectivity index (χ2v) is 6.17. The number of nitrogens with one attached hydrogen (secondary N) is 1. The Morgan fingerprint density at radius 1 is 1.05 bits per heavy atom. The Morgan fingerprint density at radius 3 is 2.25 bits per heavy atom. The fourth-order valence-electron chi connectivity index (χ4n) is 2.63. The molecule has 1 N–H and O–H groups in total. The van der Waals surface area contributed by atoms with E-state index in [4.69, 9.17) is 0 Å². The Balaban J connectivity index is 1.94. The third-order valence-corrected chi connectivity index (χ3v) is 4.11. The summed E-state index contributed by atoms with van der Waals surface area (Å²) in [6.07, 6.45) is 7.72. The van der Waals surface area contributed by atoms with E-state index in [1.54, 1.807) is 6.92 Å². The van der Waals surface area contributed by atoms with Gasteiger partial charge in [-0.1, -0.05) is 12.8 Å². The van der Waals surface area contributed by atoms with Crippen LogP contribution in [0, 0.1) is 5.92 Å². The first kappa shape index (κ1) is 17.2. The molecule has 1 heterocycles. The molecule has 0 spiro atoms. The van der Waals surface area contributed by atoms with Gasteiger partial charge < -0.3 is 15.0 Å². The average molecular weight is 282 g/mol. The largest absolute Gasteiger partial charge is 0.356 e. The van der Waals surface area contributed by atoms with E-state index in [-0.39, 0.29) is 11.7 Å². The van der Waals surface area contributed by atoms with Gasteiger partial charge in [0, 0.05) is 19.4 Å².